The van der Waals surface area contributed by atoms with Crippen LogP contribution in [-0.2, 0) is 0 Å². The van der Waals surface area contributed by atoms with Gasteiger partial charge in [-0.05, 0) is 30.3 Å². The van der Waals surface area contributed by atoms with Crippen LogP contribution in [0.5, 0.6) is 11.5 Å². The van der Waals surface area contributed by atoms with Crippen LogP contribution in [0.15, 0.2) is 42.5 Å². The smallest absolute Gasteiger partial charge is 0.254 e. The molecule has 0 aromatic heterocycles. The second-order valence-electron chi connectivity index (χ2n) is 6.09. The van der Waals surface area contributed by atoms with E-state index in [4.69, 9.17) is 9.47 Å². The van der Waals surface area contributed by atoms with Crippen LogP contribution in [0.25, 0.3) is 0 Å². The number of ether oxygens (including phenoxy) is 2. The van der Waals surface area contributed by atoms with E-state index in [1.165, 1.54) is 6.07 Å². The van der Waals surface area contributed by atoms with E-state index in [2.05, 4.69) is 0 Å². The summed E-state index contributed by atoms with van der Waals surface area (Å²) in [6.07, 6.45) is 0. The number of benzene rings is 2. The van der Waals surface area contributed by atoms with Gasteiger partial charge in [0.2, 0.25) is 0 Å². The van der Waals surface area contributed by atoms with E-state index in [-0.39, 0.29) is 11.7 Å². The Kier molecular flexibility index (Phi) is 4.17. The minimum Gasteiger partial charge on any atom is -0.486 e. The number of carbonyl (C=O) groups is 1. The van der Waals surface area contributed by atoms with Crippen molar-refractivity contribution >= 4 is 11.6 Å². The van der Waals surface area contributed by atoms with E-state index < -0.39 is 0 Å². The molecule has 130 valence electrons. The summed E-state index contributed by atoms with van der Waals surface area (Å²) < 4.78 is 24.9. The molecule has 0 bridgehead atoms. The summed E-state index contributed by atoms with van der Waals surface area (Å²) in [6.45, 7) is 3.35. The summed E-state index contributed by atoms with van der Waals surface area (Å²) in [6, 6.07) is 12.0. The van der Waals surface area contributed by atoms with Crippen LogP contribution in [0.1, 0.15) is 10.4 Å². The second kappa shape index (κ2) is 6.63. The molecule has 1 fully saturated rings. The third kappa shape index (κ3) is 3.12. The molecule has 2 aliphatic rings. The average Bonchev–Trinajstić information content (AvgIpc) is 2.67. The zero-order valence-corrected chi connectivity index (χ0v) is 13.8. The standard InChI is InChI=1S/C19H19FN2O3/c20-15-3-1-2-4-16(15)21-7-9-22(10-8-21)19(23)14-5-6-17-18(13-14)25-12-11-24-17/h1-6,13H,7-12H2. The van der Waals surface area contributed by atoms with Crippen molar-refractivity contribution in [3.05, 3.63) is 53.8 Å². The lowest BCUT2D eigenvalue weighted by atomic mass is 10.1. The van der Waals surface area contributed by atoms with Gasteiger partial charge < -0.3 is 19.3 Å². The van der Waals surface area contributed by atoms with Crippen LogP contribution in [0, 0.1) is 5.82 Å². The van der Waals surface area contributed by atoms with Gasteiger partial charge in [0.1, 0.15) is 19.0 Å². The molecular weight excluding hydrogens is 323 g/mol. The normalized spacial score (nSPS) is 16.7. The summed E-state index contributed by atoms with van der Waals surface area (Å²) in [4.78, 5) is 16.5. The largest absolute Gasteiger partial charge is 0.486 e. The molecule has 1 saturated heterocycles. The van der Waals surface area contributed by atoms with E-state index in [0.717, 1.165) is 0 Å². The van der Waals surface area contributed by atoms with E-state index in [0.29, 0.717) is 62.1 Å². The van der Waals surface area contributed by atoms with Crippen molar-refractivity contribution in [3.63, 3.8) is 0 Å². The zero-order valence-electron chi connectivity index (χ0n) is 13.8. The Morgan fingerprint density at radius 2 is 1.64 bits per heavy atom. The molecule has 2 aromatic rings. The highest BCUT2D eigenvalue weighted by Crippen LogP contribution is 2.31. The highest BCUT2D eigenvalue weighted by molar-refractivity contribution is 5.95. The molecule has 0 unspecified atom stereocenters. The van der Waals surface area contributed by atoms with Crippen molar-refractivity contribution in [2.75, 3.05) is 44.3 Å². The van der Waals surface area contributed by atoms with Crippen LogP contribution in [0.2, 0.25) is 0 Å². The van der Waals surface area contributed by atoms with Crippen LogP contribution in [-0.4, -0.2) is 50.2 Å². The molecule has 4 rings (SSSR count). The Morgan fingerprint density at radius 3 is 2.40 bits per heavy atom. The Balaban J connectivity index is 1.44. The van der Waals surface area contributed by atoms with Gasteiger partial charge in [0, 0.05) is 31.7 Å². The van der Waals surface area contributed by atoms with Gasteiger partial charge in [0.05, 0.1) is 5.69 Å². The fourth-order valence-corrected chi connectivity index (χ4v) is 3.22. The van der Waals surface area contributed by atoms with Gasteiger partial charge in [-0.3, -0.25) is 4.79 Å². The molecule has 0 atom stereocenters. The van der Waals surface area contributed by atoms with Crippen LogP contribution >= 0.6 is 0 Å². The predicted molar refractivity (Wildman–Crippen MR) is 91.9 cm³/mol. The first-order chi connectivity index (χ1) is 12.2. The summed E-state index contributed by atoms with van der Waals surface area (Å²) in [5, 5.41) is 0. The first-order valence-electron chi connectivity index (χ1n) is 8.41. The number of fused-ring (bicyclic) bond motifs is 1. The molecule has 0 aliphatic carbocycles. The van der Waals surface area contributed by atoms with Gasteiger partial charge in [0.15, 0.2) is 11.5 Å². The number of halogens is 1. The van der Waals surface area contributed by atoms with Crippen molar-refractivity contribution < 1.29 is 18.7 Å². The molecular formula is C19H19FN2O3. The van der Waals surface area contributed by atoms with Gasteiger partial charge in [-0.15, -0.1) is 0 Å². The fourth-order valence-electron chi connectivity index (χ4n) is 3.22. The molecule has 1 amide bonds. The third-order valence-electron chi connectivity index (χ3n) is 4.55. The Bertz CT molecular complexity index is 788. The number of hydrogen-bond acceptors (Lipinski definition) is 4. The van der Waals surface area contributed by atoms with Gasteiger partial charge in [-0.2, -0.15) is 0 Å². The molecule has 2 aromatic carbocycles. The van der Waals surface area contributed by atoms with Gasteiger partial charge in [0.25, 0.3) is 5.91 Å². The quantitative estimate of drug-likeness (QED) is 0.841. The summed E-state index contributed by atoms with van der Waals surface area (Å²) in [5.41, 5.74) is 1.18. The predicted octanol–water partition coefficient (Wildman–Crippen LogP) is 2.56. The number of nitrogens with zero attached hydrogens (tertiary/aromatic N) is 2. The number of carbonyl (C=O) groups excluding carboxylic acids is 1. The summed E-state index contributed by atoms with van der Waals surface area (Å²) in [7, 11) is 0. The lowest BCUT2D eigenvalue weighted by molar-refractivity contribution is 0.0745. The van der Waals surface area contributed by atoms with Crippen molar-refractivity contribution in [3.8, 4) is 11.5 Å². The highest BCUT2D eigenvalue weighted by atomic mass is 19.1. The number of para-hydroxylation sites is 1. The van der Waals surface area contributed by atoms with Crippen LogP contribution in [0.4, 0.5) is 10.1 Å². The van der Waals surface area contributed by atoms with Crippen LogP contribution < -0.4 is 14.4 Å². The lowest BCUT2D eigenvalue weighted by Crippen LogP contribution is -2.49. The molecule has 6 heteroatoms. The van der Waals surface area contributed by atoms with E-state index in [9.17, 15) is 9.18 Å². The number of piperazine rings is 1. The fraction of sp³-hybridized carbons (Fsp3) is 0.316. The molecule has 0 N–H and O–H groups in total. The van der Waals surface area contributed by atoms with E-state index in [1.54, 1.807) is 35.2 Å². The summed E-state index contributed by atoms with van der Waals surface area (Å²) in [5.74, 6) is 1.02. The molecule has 0 spiro atoms. The maximum Gasteiger partial charge on any atom is 0.254 e. The van der Waals surface area contributed by atoms with Crippen molar-refractivity contribution in [1.82, 2.24) is 4.90 Å². The van der Waals surface area contributed by atoms with Gasteiger partial charge in [-0.1, -0.05) is 12.1 Å². The lowest BCUT2D eigenvalue weighted by Gasteiger charge is -2.36. The Hall–Kier alpha value is -2.76. The average molecular weight is 342 g/mol. The third-order valence-corrected chi connectivity index (χ3v) is 4.55. The maximum atomic E-state index is 13.9. The molecule has 0 radical (unpaired) electrons. The number of amides is 1. The van der Waals surface area contributed by atoms with Crippen molar-refractivity contribution in [2.45, 2.75) is 0 Å². The number of anilines is 1. The number of rotatable bonds is 2. The van der Waals surface area contributed by atoms with E-state index >= 15 is 0 Å². The Labute approximate surface area is 145 Å². The first-order valence-corrected chi connectivity index (χ1v) is 8.41. The topological polar surface area (TPSA) is 42.0 Å². The number of hydrogen-bond donors (Lipinski definition) is 0. The first kappa shape index (κ1) is 15.7. The van der Waals surface area contributed by atoms with E-state index in [1.807, 2.05) is 11.0 Å². The maximum absolute atomic E-state index is 13.9. The highest BCUT2D eigenvalue weighted by Gasteiger charge is 2.24. The Morgan fingerprint density at radius 1 is 0.920 bits per heavy atom. The molecule has 0 saturated carbocycles. The molecule has 2 heterocycles. The minimum atomic E-state index is -0.228. The summed E-state index contributed by atoms with van der Waals surface area (Å²) >= 11 is 0. The molecule has 25 heavy (non-hydrogen) atoms. The van der Waals surface area contributed by atoms with Crippen molar-refractivity contribution in [1.29, 1.82) is 0 Å². The minimum absolute atomic E-state index is 0.0369. The molecule has 2 aliphatic heterocycles. The SMILES string of the molecule is O=C(c1ccc2c(c1)OCCO2)N1CCN(c2ccccc2F)CC1. The second-order valence-corrected chi connectivity index (χ2v) is 6.09. The van der Waals surface area contributed by atoms with Gasteiger partial charge in [-0.25, -0.2) is 4.39 Å². The monoisotopic (exact) mass is 342 g/mol. The zero-order chi connectivity index (χ0) is 17.2. The molecule has 5 nitrogen and oxygen atoms in total. The van der Waals surface area contributed by atoms with Crippen LogP contribution in [0.3, 0.4) is 0 Å². The van der Waals surface area contributed by atoms with Gasteiger partial charge >= 0.3 is 0 Å². The van der Waals surface area contributed by atoms with Crippen molar-refractivity contribution in [2.24, 2.45) is 0 Å².